The van der Waals surface area contributed by atoms with E-state index < -0.39 is 0 Å². The molecule has 1 atom stereocenters. The third kappa shape index (κ3) is 3.47. The first kappa shape index (κ1) is 15.2. The fourth-order valence-electron chi connectivity index (χ4n) is 2.47. The van der Waals surface area contributed by atoms with Crippen molar-refractivity contribution in [1.82, 2.24) is 5.32 Å². The second kappa shape index (κ2) is 7.00. The molecule has 2 aromatic rings. The highest BCUT2D eigenvalue weighted by Gasteiger charge is 2.15. The first-order valence-corrected chi connectivity index (χ1v) is 7.64. The first-order chi connectivity index (χ1) is 9.65. The fourth-order valence-corrected chi connectivity index (χ4v) is 2.80. The number of benzene rings is 2. The molecule has 0 fully saturated rings. The van der Waals surface area contributed by atoms with Gasteiger partial charge in [-0.25, -0.2) is 4.39 Å². The van der Waals surface area contributed by atoms with Gasteiger partial charge in [-0.15, -0.1) is 0 Å². The topological polar surface area (TPSA) is 12.0 Å². The van der Waals surface area contributed by atoms with Crippen LogP contribution in [-0.4, -0.2) is 7.05 Å². The molecule has 0 aromatic heterocycles. The summed E-state index contributed by atoms with van der Waals surface area (Å²) in [7, 11) is 1.92. The lowest BCUT2D eigenvalue weighted by Gasteiger charge is -2.20. The van der Waals surface area contributed by atoms with Crippen LogP contribution in [0.15, 0.2) is 46.9 Å². The number of hydrogen-bond donors (Lipinski definition) is 1. The van der Waals surface area contributed by atoms with Crippen LogP contribution in [0, 0.1) is 5.82 Å². The summed E-state index contributed by atoms with van der Waals surface area (Å²) in [4.78, 5) is 0. The van der Waals surface area contributed by atoms with E-state index in [1.54, 1.807) is 0 Å². The Morgan fingerprint density at radius 1 is 1.15 bits per heavy atom. The molecule has 3 heteroatoms. The summed E-state index contributed by atoms with van der Waals surface area (Å²) in [5, 5.41) is 3.30. The average Bonchev–Trinajstić information content (AvgIpc) is 2.46. The van der Waals surface area contributed by atoms with E-state index >= 15 is 0 Å². The zero-order chi connectivity index (χ0) is 14.5. The maximum absolute atomic E-state index is 14.0. The average molecular weight is 336 g/mol. The lowest BCUT2D eigenvalue weighted by molar-refractivity contribution is 0.551. The van der Waals surface area contributed by atoms with Gasteiger partial charge in [0.1, 0.15) is 5.82 Å². The standard InChI is InChI=1S/C17H19BrFN/c1-3-12-6-4-5-7-15(12)17(20-2)10-13-8-9-14(18)11-16(13)19/h4-9,11,17,20H,3,10H2,1-2H3. The maximum atomic E-state index is 14.0. The van der Waals surface area contributed by atoms with Crippen molar-refractivity contribution in [2.24, 2.45) is 0 Å². The smallest absolute Gasteiger partial charge is 0.127 e. The second-order valence-corrected chi connectivity index (χ2v) is 5.75. The minimum atomic E-state index is -0.159. The number of likely N-dealkylation sites (N-methyl/N-ethyl adjacent to an activating group) is 1. The summed E-state index contributed by atoms with van der Waals surface area (Å²) in [6, 6.07) is 13.7. The van der Waals surface area contributed by atoms with Gasteiger partial charge in [0.2, 0.25) is 0 Å². The number of aryl methyl sites for hydroxylation is 1. The summed E-state index contributed by atoms with van der Waals surface area (Å²) >= 11 is 3.29. The van der Waals surface area contributed by atoms with E-state index in [0.29, 0.717) is 6.42 Å². The third-order valence-electron chi connectivity index (χ3n) is 3.60. The predicted molar refractivity (Wildman–Crippen MR) is 85.4 cm³/mol. The summed E-state index contributed by atoms with van der Waals surface area (Å²) < 4.78 is 14.8. The fraction of sp³-hybridized carbons (Fsp3) is 0.294. The molecule has 0 saturated carbocycles. The number of nitrogens with one attached hydrogen (secondary N) is 1. The normalized spacial score (nSPS) is 12.4. The predicted octanol–water partition coefficient (Wildman–Crippen LogP) is 4.65. The SMILES string of the molecule is CCc1ccccc1C(Cc1ccc(Br)cc1F)NC. The second-order valence-electron chi connectivity index (χ2n) is 4.83. The molecule has 0 saturated heterocycles. The summed E-state index contributed by atoms with van der Waals surface area (Å²) in [5.41, 5.74) is 3.29. The molecule has 0 radical (unpaired) electrons. The van der Waals surface area contributed by atoms with Gasteiger partial charge in [-0.05, 0) is 48.7 Å². The lowest BCUT2D eigenvalue weighted by Crippen LogP contribution is -2.20. The Kier molecular flexibility index (Phi) is 5.32. The van der Waals surface area contributed by atoms with Gasteiger partial charge in [-0.3, -0.25) is 0 Å². The molecule has 106 valence electrons. The van der Waals surface area contributed by atoms with E-state index in [-0.39, 0.29) is 11.9 Å². The molecule has 0 bridgehead atoms. The Morgan fingerprint density at radius 3 is 2.55 bits per heavy atom. The molecule has 0 aliphatic carbocycles. The Balaban J connectivity index is 2.29. The summed E-state index contributed by atoms with van der Waals surface area (Å²) in [5.74, 6) is -0.159. The molecule has 1 nitrogen and oxygen atoms in total. The molecule has 1 unspecified atom stereocenters. The van der Waals surface area contributed by atoms with E-state index in [2.05, 4.69) is 46.4 Å². The highest BCUT2D eigenvalue weighted by Crippen LogP contribution is 2.24. The van der Waals surface area contributed by atoms with E-state index in [1.165, 1.54) is 17.2 Å². The quantitative estimate of drug-likeness (QED) is 0.838. The molecular weight excluding hydrogens is 317 g/mol. The van der Waals surface area contributed by atoms with Crippen molar-refractivity contribution < 1.29 is 4.39 Å². The van der Waals surface area contributed by atoms with Gasteiger partial charge in [-0.1, -0.05) is 53.2 Å². The van der Waals surface area contributed by atoms with Crippen LogP contribution >= 0.6 is 15.9 Å². The molecule has 0 spiro atoms. The van der Waals surface area contributed by atoms with Gasteiger partial charge in [0, 0.05) is 10.5 Å². The zero-order valence-electron chi connectivity index (χ0n) is 11.8. The minimum absolute atomic E-state index is 0.127. The van der Waals surface area contributed by atoms with Crippen LogP contribution in [0.3, 0.4) is 0 Å². The van der Waals surface area contributed by atoms with Crippen LogP contribution in [0.25, 0.3) is 0 Å². The van der Waals surface area contributed by atoms with Crippen LogP contribution in [0.5, 0.6) is 0 Å². The highest BCUT2D eigenvalue weighted by atomic mass is 79.9. The Labute approximate surface area is 128 Å². The van der Waals surface area contributed by atoms with Gasteiger partial charge >= 0.3 is 0 Å². The van der Waals surface area contributed by atoms with Crippen molar-refractivity contribution in [3.63, 3.8) is 0 Å². The molecular formula is C17H19BrFN. The van der Waals surface area contributed by atoms with Crippen molar-refractivity contribution in [1.29, 1.82) is 0 Å². The van der Waals surface area contributed by atoms with Crippen LogP contribution in [0.1, 0.15) is 29.7 Å². The molecule has 0 aliphatic rings. The van der Waals surface area contributed by atoms with E-state index in [1.807, 2.05) is 25.2 Å². The molecule has 0 aliphatic heterocycles. The van der Waals surface area contributed by atoms with Crippen molar-refractivity contribution >= 4 is 15.9 Å². The molecule has 0 heterocycles. The lowest BCUT2D eigenvalue weighted by atomic mass is 9.93. The number of halogens is 2. The van der Waals surface area contributed by atoms with E-state index in [9.17, 15) is 4.39 Å². The third-order valence-corrected chi connectivity index (χ3v) is 4.09. The molecule has 0 amide bonds. The molecule has 2 aromatic carbocycles. The van der Waals surface area contributed by atoms with Gasteiger partial charge in [0.05, 0.1) is 0 Å². The minimum Gasteiger partial charge on any atom is -0.313 e. The molecule has 2 rings (SSSR count). The van der Waals surface area contributed by atoms with Crippen molar-refractivity contribution in [2.45, 2.75) is 25.8 Å². The summed E-state index contributed by atoms with van der Waals surface area (Å²) in [6.07, 6.45) is 1.63. The Morgan fingerprint density at radius 2 is 1.90 bits per heavy atom. The summed E-state index contributed by atoms with van der Waals surface area (Å²) in [6.45, 7) is 2.14. The van der Waals surface area contributed by atoms with Crippen molar-refractivity contribution in [2.75, 3.05) is 7.05 Å². The number of hydrogen-bond acceptors (Lipinski definition) is 1. The van der Waals surface area contributed by atoms with Gasteiger partial charge in [0.15, 0.2) is 0 Å². The monoisotopic (exact) mass is 335 g/mol. The maximum Gasteiger partial charge on any atom is 0.127 e. The van der Waals surface area contributed by atoms with Crippen LogP contribution in [-0.2, 0) is 12.8 Å². The van der Waals surface area contributed by atoms with E-state index in [0.717, 1.165) is 16.5 Å². The van der Waals surface area contributed by atoms with Crippen LogP contribution in [0.4, 0.5) is 4.39 Å². The largest absolute Gasteiger partial charge is 0.313 e. The van der Waals surface area contributed by atoms with E-state index in [4.69, 9.17) is 0 Å². The van der Waals surface area contributed by atoms with Gasteiger partial charge < -0.3 is 5.32 Å². The van der Waals surface area contributed by atoms with Crippen molar-refractivity contribution in [3.8, 4) is 0 Å². The molecule has 1 N–H and O–H groups in total. The van der Waals surface area contributed by atoms with Crippen LogP contribution in [0.2, 0.25) is 0 Å². The van der Waals surface area contributed by atoms with Crippen LogP contribution < -0.4 is 5.32 Å². The Hall–Kier alpha value is -1.19. The van der Waals surface area contributed by atoms with Gasteiger partial charge in [0.25, 0.3) is 0 Å². The Bertz CT molecular complexity index is 583. The van der Waals surface area contributed by atoms with Crippen molar-refractivity contribution in [3.05, 3.63) is 69.4 Å². The number of rotatable bonds is 5. The molecule has 20 heavy (non-hydrogen) atoms. The first-order valence-electron chi connectivity index (χ1n) is 6.84. The zero-order valence-corrected chi connectivity index (χ0v) is 13.4. The highest BCUT2D eigenvalue weighted by molar-refractivity contribution is 9.10. The van der Waals surface area contributed by atoms with Gasteiger partial charge in [-0.2, -0.15) is 0 Å².